The number of carboxylic acid groups (broad SMARTS) is 1. The average Bonchev–Trinajstić information content (AvgIpc) is 3.19. The molecule has 0 aliphatic heterocycles. The Morgan fingerprint density at radius 3 is 1.47 bits per heavy atom. The molecular formula is C39H41F20N3O6. The zero-order valence-electron chi connectivity index (χ0n) is 35.1. The van der Waals surface area contributed by atoms with E-state index in [1.165, 1.54) is 0 Å². The maximum Gasteiger partial charge on any atom is 0.490 e. The zero-order valence-corrected chi connectivity index (χ0v) is 35.1. The Bertz CT molecular complexity index is 1980. The number of alkyl halides is 20. The van der Waals surface area contributed by atoms with Gasteiger partial charge in [-0.2, -0.15) is 87.8 Å². The predicted molar refractivity (Wildman–Crippen MR) is 195 cm³/mol. The molecule has 2 amide bonds. The first-order chi connectivity index (χ1) is 30.5. The Morgan fingerprint density at radius 2 is 1.04 bits per heavy atom. The quantitative estimate of drug-likeness (QED) is 0.0679. The third kappa shape index (κ3) is 14.5. The molecule has 0 fully saturated rings. The van der Waals surface area contributed by atoms with E-state index < -0.39 is 121 Å². The van der Waals surface area contributed by atoms with E-state index in [1.54, 1.807) is 51.1 Å². The second-order valence-corrected chi connectivity index (χ2v) is 15.3. The number of amides is 2. The summed E-state index contributed by atoms with van der Waals surface area (Å²) in [4.78, 5) is 47.1. The van der Waals surface area contributed by atoms with Crippen LogP contribution in [0.5, 0.6) is 0 Å². The highest BCUT2D eigenvalue weighted by molar-refractivity contribution is 5.82. The van der Waals surface area contributed by atoms with Crippen LogP contribution in [0.25, 0.3) is 0 Å². The summed E-state index contributed by atoms with van der Waals surface area (Å²) >= 11 is 0. The van der Waals surface area contributed by atoms with E-state index in [0.717, 1.165) is 24.3 Å². The standard InChI is InChI=1S/C37H40F17N3O4.C2HF3O2/c1-20(2)26(18-55)29(60)56-21(3)15-27(58)57-25(16-23-7-5-4-6-8-23)17-28(59)61-19-24-11-9-22(10-12-24)13-14-30(38,39)31(40,41)32(42,43)33(44,45)34(46,47)35(48,49)36(50,51)37(52,53)54;3-2(4,5)1(6)7/h4-12,20-21,25-26H,13-19,55H2,1-3H3,(H,56,60)(H,57,58);(H,6,7)/t21-,25+,26+;/m1./s1. The molecule has 9 nitrogen and oxygen atoms in total. The van der Waals surface area contributed by atoms with Gasteiger partial charge in [-0.05, 0) is 42.4 Å². The van der Waals surface area contributed by atoms with Crippen molar-refractivity contribution in [1.29, 1.82) is 0 Å². The molecule has 0 aliphatic carbocycles. The minimum absolute atomic E-state index is 0.0737. The minimum Gasteiger partial charge on any atom is -0.475 e. The van der Waals surface area contributed by atoms with E-state index in [4.69, 9.17) is 20.4 Å². The number of carbonyl (C=O) groups is 4. The number of aliphatic carboxylic acids is 1. The number of esters is 1. The molecule has 0 saturated heterocycles. The first-order valence-corrected chi connectivity index (χ1v) is 19.1. The zero-order chi connectivity index (χ0) is 53.3. The number of carboxylic acids is 1. The van der Waals surface area contributed by atoms with Crippen molar-refractivity contribution in [2.24, 2.45) is 17.6 Å². The van der Waals surface area contributed by atoms with E-state index >= 15 is 0 Å². The Hall–Kier alpha value is -5.12. The molecule has 3 atom stereocenters. The Labute approximate surface area is 372 Å². The van der Waals surface area contributed by atoms with Crippen LogP contribution in [0.2, 0.25) is 0 Å². The first kappa shape index (κ1) is 60.9. The Balaban J connectivity index is 0.00000304. The number of carbonyl (C=O) groups excluding carboxylic acids is 3. The molecule has 5 N–H and O–H groups in total. The molecule has 0 spiro atoms. The van der Waals surface area contributed by atoms with Gasteiger partial charge in [0.1, 0.15) is 6.61 Å². The number of hydrogen-bond acceptors (Lipinski definition) is 6. The van der Waals surface area contributed by atoms with E-state index in [1.807, 2.05) is 0 Å². The van der Waals surface area contributed by atoms with Crippen molar-refractivity contribution in [3.05, 3.63) is 71.3 Å². The molecule has 0 aliphatic rings. The van der Waals surface area contributed by atoms with Crippen LogP contribution in [0.1, 0.15) is 56.7 Å². The summed E-state index contributed by atoms with van der Waals surface area (Å²) in [5.74, 6) is -61.9. The van der Waals surface area contributed by atoms with Gasteiger partial charge in [-0.1, -0.05) is 68.4 Å². The number of benzene rings is 2. The average molecular weight is 1030 g/mol. The number of aryl methyl sites for hydroxylation is 1. The third-order valence-electron chi connectivity index (χ3n) is 9.56. The molecule has 29 heteroatoms. The molecular weight excluding hydrogens is 986 g/mol. The number of hydrogen-bond donors (Lipinski definition) is 4. The minimum atomic E-state index is -8.70. The Morgan fingerprint density at radius 1 is 0.603 bits per heavy atom. The monoisotopic (exact) mass is 1030 g/mol. The fraction of sp³-hybridized carbons (Fsp3) is 0.590. The molecule has 0 aromatic heterocycles. The summed E-state index contributed by atoms with van der Waals surface area (Å²) in [5.41, 5.74) is 5.96. The lowest BCUT2D eigenvalue weighted by Crippen LogP contribution is -2.74. The third-order valence-corrected chi connectivity index (χ3v) is 9.56. The molecule has 2 rings (SSSR count). The van der Waals surface area contributed by atoms with Crippen LogP contribution in [0.4, 0.5) is 87.8 Å². The Kier molecular flexibility index (Phi) is 20.2. The van der Waals surface area contributed by atoms with Gasteiger partial charge in [0.15, 0.2) is 0 Å². The maximum atomic E-state index is 14.4. The highest BCUT2D eigenvalue weighted by atomic mass is 19.4. The van der Waals surface area contributed by atoms with E-state index in [0.29, 0.717) is 5.56 Å². The molecule has 0 unspecified atom stereocenters. The van der Waals surface area contributed by atoms with Crippen LogP contribution in [0, 0.1) is 11.8 Å². The summed E-state index contributed by atoms with van der Waals surface area (Å²) in [5, 5.41) is 12.5. The second-order valence-electron chi connectivity index (χ2n) is 15.3. The van der Waals surface area contributed by atoms with Gasteiger partial charge in [-0.15, -0.1) is 0 Å². The fourth-order valence-corrected chi connectivity index (χ4v) is 5.60. The lowest BCUT2D eigenvalue weighted by atomic mass is 9.87. The summed E-state index contributed by atoms with van der Waals surface area (Å²) in [7, 11) is 0. The maximum absolute atomic E-state index is 14.4. The second kappa shape index (κ2) is 22.5. The summed E-state index contributed by atoms with van der Waals surface area (Å²) in [6.45, 7) is 4.71. The summed E-state index contributed by atoms with van der Waals surface area (Å²) < 4.78 is 268. The lowest BCUT2D eigenvalue weighted by molar-refractivity contribution is -0.461. The number of rotatable bonds is 22. The molecule has 2 aromatic rings. The van der Waals surface area contributed by atoms with Gasteiger partial charge in [0.2, 0.25) is 11.8 Å². The lowest BCUT2D eigenvalue weighted by Gasteiger charge is -2.42. The van der Waals surface area contributed by atoms with Gasteiger partial charge in [-0.25, -0.2) is 4.79 Å². The number of nitrogens with one attached hydrogen (secondary N) is 2. The number of ether oxygens (including phenoxy) is 1. The molecule has 2 aromatic carbocycles. The van der Waals surface area contributed by atoms with Crippen LogP contribution in [-0.2, 0) is 43.4 Å². The van der Waals surface area contributed by atoms with Gasteiger partial charge < -0.3 is 26.2 Å². The molecule has 0 saturated carbocycles. The summed E-state index contributed by atoms with van der Waals surface area (Å²) in [6, 6.07) is 10.7. The van der Waals surface area contributed by atoms with Crippen LogP contribution >= 0.6 is 0 Å². The van der Waals surface area contributed by atoms with Crippen molar-refractivity contribution in [2.45, 2.75) is 125 Å². The van der Waals surface area contributed by atoms with Crippen molar-refractivity contribution in [3.8, 4) is 0 Å². The SMILES string of the molecule is CC(C)[C@H](CN)C(=O)N[C@H](C)CC(=O)N[C@H](CC(=O)OCc1ccc(CCC(F)(F)C(F)(F)C(F)(F)C(F)(F)C(F)(F)C(F)(F)C(F)(F)C(F)(F)F)cc1)Cc1ccccc1.O=C(O)C(F)(F)F. The molecule has 68 heavy (non-hydrogen) atoms. The van der Waals surface area contributed by atoms with Gasteiger partial charge in [0.05, 0.1) is 12.3 Å². The topological polar surface area (TPSA) is 148 Å². The van der Waals surface area contributed by atoms with Crippen molar-refractivity contribution < 1.29 is 117 Å². The van der Waals surface area contributed by atoms with Crippen molar-refractivity contribution >= 4 is 23.8 Å². The van der Waals surface area contributed by atoms with Gasteiger partial charge in [0.25, 0.3) is 0 Å². The van der Waals surface area contributed by atoms with E-state index in [2.05, 4.69) is 10.6 Å². The summed E-state index contributed by atoms with van der Waals surface area (Å²) in [6.07, 6.45) is -17.5. The van der Waals surface area contributed by atoms with Crippen LogP contribution in [0.3, 0.4) is 0 Å². The smallest absolute Gasteiger partial charge is 0.475 e. The van der Waals surface area contributed by atoms with Crippen LogP contribution < -0.4 is 16.4 Å². The first-order valence-electron chi connectivity index (χ1n) is 19.1. The van der Waals surface area contributed by atoms with E-state index in [-0.39, 0.29) is 36.8 Å². The fourth-order valence-electron chi connectivity index (χ4n) is 5.60. The molecule has 388 valence electrons. The van der Waals surface area contributed by atoms with Crippen molar-refractivity contribution in [2.75, 3.05) is 6.54 Å². The van der Waals surface area contributed by atoms with Crippen molar-refractivity contribution in [1.82, 2.24) is 10.6 Å². The highest BCUT2D eigenvalue weighted by Gasteiger charge is 2.95. The molecule has 0 radical (unpaired) electrons. The number of nitrogens with two attached hydrogens (primary N) is 1. The largest absolute Gasteiger partial charge is 0.490 e. The molecule has 0 bridgehead atoms. The predicted octanol–water partition coefficient (Wildman–Crippen LogP) is 9.55. The van der Waals surface area contributed by atoms with Gasteiger partial charge in [-0.3, -0.25) is 14.4 Å². The van der Waals surface area contributed by atoms with Crippen LogP contribution in [-0.4, -0.2) is 101 Å². The molecule has 0 heterocycles. The van der Waals surface area contributed by atoms with Gasteiger partial charge >= 0.3 is 65.7 Å². The van der Waals surface area contributed by atoms with Gasteiger partial charge in [0, 0.05) is 31.5 Å². The highest BCUT2D eigenvalue weighted by Crippen LogP contribution is 2.64. The van der Waals surface area contributed by atoms with Crippen LogP contribution in [0.15, 0.2) is 54.6 Å². The number of halogens is 20. The van der Waals surface area contributed by atoms with E-state index in [9.17, 15) is 102 Å². The normalized spacial score (nSPS) is 14.8. The van der Waals surface area contributed by atoms with Crippen molar-refractivity contribution in [3.63, 3.8) is 0 Å².